The van der Waals surface area contributed by atoms with Gasteiger partial charge in [-0.2, -0.15) is 0 Å². The van der Waals surface area contributed by atoms with Gasteiger partial charge in [0, 0.05) is 31.8 Å². The number of ether oxygens (including phenoxy) is 1. The Bertz CT molecular complexity index is 561. The molecule has 0 aliphatic heterocycles. The van der Waals surface area contributed by atoms with Crippen LogP contribution in [0.3, 0.4) is 0 Å². The molecule has 0 amide bonds. The molecule has 3 atom stereocenters. The van der Waals surface area contributed by atoms with E-state index in [1.54, 1.807) is 0 Å². The molecule has 2 fully saturated rings. The van der Waals surface area contributed by atoms with Crippen LogP contribution in [0.2, 0.25) is 5.15 Å². The summed E-state index contributed by atoms with van der Waals surface area (Å²) >= 11 is 6.24. The predicted molar refractivity (Wildman–Crippen MR) is 104 cm³/mol. The standard InChI is InChI=1S/C21H33ClN2O/c1-4-24(19-10-5-6-11-19)15-18-9-7-8-16(2)21(18,25-3)17-12-13-23-20(22)14-17/h12-14,16,18-19H,4-11,15H2,1-3H3. The Morgan fingerprint density at radius 2 is 2.00 bits per heavy atom. The first-order chi connectivity index (χ1) is 12.1. The molecule has 2 aliphatic carbocycles. The van der Waals surface area contributed by atoms with E-state index in [0.29, 0.717) is 17.0 Å². The molecule has 0 radical (unpaired) electrons. The van der Waals surface area contributed by atoms with E-state index >= 15 is 0 Å². The molecular weight excluding hydrogens is 332 g/mol. The van der Waals surface area contributed by atoms with Gasteiger partial charge >= 0.3 is 0 Å². The van der Waals surface area contributed by atoms with Crippen LogP contribution in [0.4, 0.5) is 0 Å². The van der Waals surface area contributed by atoms with Crippen LogP contribution in [0.25, 0.3) is 0 Å². The van der Waals surface area contributed by atoms with E-state index in [0.717, 1.165) is 19.1 Å². The summed E-state index contributed by atoms with van der Waals surface area (Å²) in [6, 6.07) is 4.89. The largest absolute Gasteiger partial charge is 0.373 e. The zero-order valence-electron chi connectivity index (χ0n) is 16.0. The number of halogens is 1. The maximum atomic E-state index is 6.34. The predicted octanol–water partition coefficient (Wildman–Crippen LogP) is 5.28. The molecule has 0 aromatic carbocycles. The third-order valence-corrected chi connectivity index (χ3v) is 6.95. The van der Waals surface area contributed by atoms with Crippen LogP contribution in [-0.4, -0.2) is 36.1 Å². The molecule has 25 heavy (non-hydrogen) atoms. The van der Waals surface area contributed by atoms with E-state index < -0.39 is 0 Å². The van der Waals surface area contributed by atoms with Gasteiger partial charge in [0.2, 0.25) is 0 Å². The van der Waals surface area contributed by atoms with Crippen LogP contribution in [-0.2, 0) is 10.3 Å². The van der Waals surface area contributed by atoms with Gasteiger partial charge in [-0.3, -0.25) is 0 Å². The Morgan fingerprint density at radius 1 is 1.24 bits per heavy atom. The summed E-state index contributed by atoms with van der Waals surface area (Å²) in [4.78, 5) is 6.90. The summed E-state index contributed by atoms with van der Waals surface area (Å²) < 4.78 is 6.34. The summed E-state index contributed by atoms with van der Waals surface area (Å²) in [7, 11) is 1.88. The van der Waals surface area contributed by atoms with Gasteiger partial charge in [0.25, 0.3) is 0 Å². The maximum Gasteiger partial charge on any atom is 0.129 e. The third-order valence-electron chi connectivity index (χ3n) is 6.75. The van der Waals surface area contributed by atoms with Crippen LogP contribution in [0.1, 0.15) is 64.4 Å². The summed E-state index contributed by atoms with van der Waals surface area (Å²) in [6.45, 7) is 6.91. The quantitative estimate of drug-likeness (QED) is 0.642. The molecule has 3 rings (SSSR count). The Balaban J connectivity index is 1.91. The molecular formula is C21H33ClN2O. The zero-order valence-corrected chi connectivity index (χ0v) is 16.8. The minimum absolute atomic E-state index is 0.253. The fourth-order valence-corrected chi connectivity index (χ4v) is 5.64. The lowest BCUT2D eigenvalue weighted by Gasteiger charge is -2.50. The van der Waals surface area contributed by atoms with Crippen molar-refractivity contribution in [2.24, 2.45) is 11.8 Å². The molecule has 1 aromatic rings. The second-order valence-corrected chi connectivity index (χ2v) is 8.31. The first-order valence-electron chi connectivity index (χ1n) is 10.0. The van der Waals surface area contributed by atoms with Crippen LogP contribution in [0, 0.1) is 11.8 Å². The van der Waals surface area contributed by atoms with E-state index in [4.69, 9.17) is 16.3 Å². The van der Waals surface area contributed by atoms with Gasteiger partial charge in [-0.25, -0.2) is 4.98 Å². The van der Waals surface area contributed by atoms with Crippen LogP contribution >= 0.6 is 11.6 Å². The highest BCUT2D eigenvalue weighted by atomic mass is 35.5. The van der Waals surface area contributed by atoms with E-state index in [1.165, 1.54) is 50.5 Å². The normalized spacial score (nSPS) is 30.9. The molecule has 0 bridgehead atoms. The SMILES string of the molecule is CCN(CC1CCCC(C)C1(OC)c1ccnc(Cl)c1)C1CCCC1. The smallest absolute Gasteiger partial charge is 0.129 e. The van der Waals surface area contributed by atoms with Crippen molar-refractivity contribution in [1.29, 1.82) is 0 Å². The topological polar surface area (TPSA) is 25.4 Å². The van der Waals surface area contributed by atoms with Crippen LogP contribution in [0.5, 0.6) is 0 Å². The number of methoxy groups -OCH3 is 1. The minimum atomic E-state index is -0.253. The monoisotopic (exact) mass is 364 g/mol. The van der Waals surface area contributed by atoms with Gasteiger partial charge in [-0.05, 0) is 55.8 Å². The molecule has 1 heterocycles. The average molecular weight is 365 g/mol. The van der Waals surface area contributed by atoms with Gasteiger partial charge in [-0.1, -0.05) is 44.7 Å². The van der Waals surface area contributed by atoms with Crippen molar-refractivity contribution >= 4 is 11.6 Å². The molecule has 1 aromatic heterocycles. The minimum Gasteiger partial charge on any atom is -0.373 e. The molecule has 4 heteroatoms. The summed E-state index contributed by atoms with van der Waals surface area (Å²) in [5.74, 6) is 0.984. The molecule has 3 unspecified atom stereocenters. The zero-order chi connectivity index (χ0) is 17.9. The first-order valence-corrected chi connectivity index (χ1v) is 10.4. The Hall–Kier alpha value is -0.640. The lowest BCUT2D eigenvalue weighted by molar-refractivity contribution is -0.134. The van der Waals surface area contributed by atoms with E-state index in [9.17, 15) is 0 Å². The van der Waals surface area contributed by atoms with E-state index in [2.05, 4.69) is 29.8 Å². The van der Waals surface area contributed by atoms with Crippen molar-refractivity contribution < 1.29 is 4.74 Å². The summed E-state index contributed by atoms with van der Waals surface area (Å²) in [6.07, 6.45) is 11.0. The molecule has 3 nitrogen and oxygen atoms in total. The number of hydrogen-bond acceptors (Lipinski definition) is 3. The third kappa shape index (κ3) is 3.74. The van der Waals surface area contributed by atoms with Crippen molar-refractivity contribution in [3.63, 3.8) is 0 Å². The molecule has 0 spiro atoms. The van der Waals surface area contributed by atoms with Crippen molar-refractivity contribution in [2.45, 2.75) is 70.4 Å². The second kappa shape index (κ2) is 8.37. The highest BCUT2D eigenvalue weighted by molar-refractivity contribution is 6.29. The van der Waals surface area contributed by atoms with Crippen LogP contribution in [0.15, 0.2) is 18.3 Å². The Labute approximate surface area is 158 Å². The molecule has 2 saturated carbocycles. The van der Waals surface area contributed by atoms with Crippen LogP contribution < -0.4 is 0 Å². The van der Waals surface area contributed by atoms with E-state index in [-0.39, 0.29) is 5.60 Å². The van der Waals surface area contributed by atoms with E-state index in [1.807, 2.05) is 19.4 Å². The number of pyridine rings is 1. The molecule has 0 N–H and O–H groups in total. The Kier molecular flexibility index (Phi) is 6.40. The van der Waals surface area contributed by atoms with Gasteiger partial charge in [0.15, 0.2) is 0 Å². The molecule has 0 saturated heterocycles. The highest BCUT2D eigenvalue weighted by Crippen LogP contribution is 2.49. The van der Waals surface area contributed by atoms with Gasteiger partial charge in [0.05, 0.1) is 5.60 Å². The lowest BCUT2D eigenvalue weighted by Crippen LogP contribution is -2.51. The van der Waals surface area contributed by atoms with Crippen molar-refractivity contribution in [3.05, 3.63) is 29.0 Å². The molecule has 140 valence electrons. The fraction of sp³-hybridized carbons (Fsp3) is 0.762. The van der Waals surface area contributed by atoms with Crippen molar-refractivity contribution in [1.82, 2.24) is 9.88 Å². The first kappa shape index (κ1) is 19.1. The van der Waals surface area contributed by atoms with Gasteiger partial charge in [0.1, 0.15) is 5.15 Å². The van der Waals surface area contributed by atoms with Crippen molar-refractivity contribution in [3.8, 4) is 0 Å². The number of aromatic nitrogens is 1. The Morgan fingerprint density at radius 3 is 2.64 bits per heavy atom. The summed E-state index contributed by atoms with van der Waals surface area (Å²) in [5.41, 5.74) is 0.950. The number of nitrogens with zero attached hydrogens (tertiary/aromatic N) is 2. The number of hydrogen-bond donors (Lipinski definition) is 0. The number of rotatable bonds is 6. The summed E-state index contributed by atoms with van der Waals surface area (Å²) in [5, 5.41) is 0.564. The average Bonchev–Trinajstić information content (AvgIpc) is 3.14. The van der Waals surface area contributed by atoms with Gasteiger partial charge < -0.3 is 9.64 Å². The molecule has 2 aliphatic rings. The van der Waals surface area contributed by atoms with Crippen molar-refractivity contribution in [2.75, 3.05) is 20.2 Å². The van der Waals surface area contributed by atoms with Gasteiger partial charge in [-0.15, -0.1) is 0 Å². The lowest BCUT2D eigenvalue weighted by atomic mass is 9.65. The maximum absolute atomic E-state index is 6.34. The fourth-order valence-electron chi connectivity index (χ4n) is 5.47. The second-order valence-electron chi connectivity index (χ2n) is 7.92. The highest BCUT2D eigenvalue weighted by Gasteiger charge is 2.48.